The summed E-state index contributed by atoms with van der Waals surface area (Å²) in [5, 5.41) is 24.8. The fraction of sp³-hybridized carbons (Fsp3) is 0.472. The molecule has 0 spiro atoms. The van der Waals surface area contributed by atoms with Crippen molar-refractivity contribution >= 4 is 27.5 Å². The Balaban J connectivity index is 1.24. The minimum absolute atomic E-state index is 0.0959. The van der Waals surface area contributed by atoms with Crippen molar-refractivity contribution in [2.75, 3.05) is 19.7 Å². The van der Waals surface area contributed by atoms with E-state index < -0.39 is 6.10 Å². The maximum atomic E-state index is 13.8. The third-order valence-electron chi connectivity index (χ3n) is 9.81. The van der Waals surface area contributed by atoms with Crippen LogP contribution < -0.4 is 10.9 Å². The summed E-state index contributed by atoms with van der Waals surface area (Å²) in [4.78, 5) is 36.7. The van der Waals surface area contributed by atoms with Gasteiger partial charge in [-0.05, 0) is 96.9 Å². The third kappa shape index (κ3) is 7.07. The number of carbonyl (C=O) groups excluding carboxylic acids is 1. The van der Waals surface area contributed by atoms with Crippen LogP contribution in [0.1, 0.15) is 79.0 Å². The molecule has 1 fully saturated rings. The molecule has 0 bridgehead atoms. The molecule has 4 aromatic rings. The van der Waals surface area contributed by atoms with E-state index in [1.54, 1.807) is 12.3 Å². The molecule has 1 unspecified atom stereocenters. The molecule has 3 aromatic heterocycles. The van der Waals surface area contributed by atoms with Gasteiger partial charge in [-0.1, -0.05) is 45.0 Å². The predicted molar refractivity (Wildman–Crippen MR) is 180 cm³/mol. The molecule has 9 heteroatoms. The number of pyridine rings is 2. The highest BCUT2D eigenvalue weighted by atomic mass is 32.1. The molecule has 2 aliphatic rings. The standard InChI is InChI=1S/C36H44N4O4S/c1-36(2,3)27-11-12-28-25(18-27)17-26-19-32(45-35(26)39-28)34(44)38-29(14-16-40-15-4-5-31(42)30(40)21-41)23-8-6-22(7-9-23)24-10-13-33(43)37-20-24/h6-10,13,17,19-20,27,29-31,41-42H,4-5,11-12,14-16,18,21H2,1-3H3,(H,37,43)(H,38,44)/t27-,29?,30+,31-/m0/s1. The molecule has 4 atom stereocenters. The van der Waals surface area contributed by atoms with E-state index in [1.807, 2.05) is 30.3 Å². The number of fused-ring (bicyclic) bond motifs is 2. The first-order valence-corrected chi connectivity index (χ1v) is 17.0. The van der Waals surface area contributed by atoms with Crippen molar-refractivity contribution in [2.24, 2.45) is 11.3 Å². The number of aromatic amines is 1. The molecule has 0 saturated carbocycles. The first kappa shape index (κ1) is 31.6. The van der Waals surface area contributed by atoms with Crippen LogP contribution in [-0.4, -0.2) is 62.8 Å². The number of hydrogen-bond donors (Lipinski definition) is 4. The van der Waals surface area contributed by atoms with Crippen molar-refractivity contribution in [3.05, 3.63) is 86.8 Å². The fourth-order valence-electron chi connectivity index (χ4n) is 6.94. The normalized spacial score (nSPS) is 21.4. The van der Waals surface area contributed by atoms with Crippen LogP contribution in [0, 0.1) is 11.3 Å². The van der Waals surface area contributed by atoms with E-state index in [0.29, 0.717) is 30.2 Å². The van der Waals surface area contributed by atoms with Gasteiger partial charge in [-0.25, -0.2) is 4.98 Å². The molecule has 1 aliphatic heterocycles. The molecule has 0 radical (unpaired) electrons. The number of rotatable bonds is 8. The second-order valence-corrected chi connectivity index (χ2v) is 14.8. The molecule has 1 aliphatic carbocycles. The highest BCUT2D eigenvalue weighted by molar-refractivity contribution is 7.20. The number of piperidine rings is 1. The van der Waals surface area contributed by atoms with E-state index in [9.17, 15) is 19.8 Å². The smallest absolute Gasteiger partial charge is 0.261 e. The maximum Gasteiger partial charge on any atom is 0.261 e. The Hall–Kier alpha value is -3.37. The Morgan fingerprint density at radius 1 is 1.13 bits per heavy atom. The number of aromatic nitrogens is 2. The van der Waals surface area contributed by atoms with Gasteiger partial charge in [-0.2, -0.15) is 0 Å². The van der Waals surface area contributed by atoms with Gasteiger partial charge in [0.05, 0.1) is 29.7 Å². The van der Waals surface area contributed by atoms with Gasteiger partial charge in [0.15, 0.2) is 0 Å². The van der Waals surface area contributed by atoms with Gasteiger partial charge >= 0.3 is 0 Å². The number of nitrogens with zero attached hydrogens (tertiary/aromatic N) is 2. The summed E-state index contributed by atoms with van der Waals surface area (Å²) in [6.07, 6.45) is 6.47. The van der Waals surface area contributed by atoms with Crippen LogP contribution in [0.5, 0.6) is 0 Å². The lowest BCUT2D eigenvalue weighted by molar-refractivity contribution is -0.0171. The van der Waals surface area contributed by atoms with Gasteiger partial charge in [0.25, 0.3) is 5.91 Å². The summed E-state index contributed by atoms with van der Waals surface area (Å²) in [6, 6.07) is 15.0. The zero-order valence-electron chi connectivity index (χ0n) is 26.4. The molecule has 4 N–H and O–H groups in total. The van der Waals surface area contributed by atoms with Crippen LogP contribution in [0.3, 0.4) is 0 Å². The lowest BCUT2D eigenvalue weighted by Gasteiger charge is -2.38. The van der Waals surface area contributed by atoms with Gasteiger partial charge in [0, 0.05) is 29.9 Å². The average molecular weight is 629 g/mol. The summed E-state index contributed by atoms with van der Waals surface area (Å²) in [6.45, 7) is 8.27. The van der Waals surface area contributed by atoms with E-state index in [1.165, 1.54) is 28.7 Å². The van der Waals surface area contributed by atoms with E-state index in [2.05, 4.69) is 42.0 Å². The molecule has 1 saturated heterocycles. The van der Waals surface area contributed by atoms with Gasteiger partial charge in [-0.3, -0.25) is 14.5 Å². The second-order valence-electron chi connectivity index (χ2n) is 13.8. The molecule has 8 nitrogen and oxygen atoms in total. The first-order chi connectivity index (χ1) is 21.6. The molecule has 4 heterocycles. The summed E-state index contributed by atoms with van der Waals surface area (Å²) in [7, 11) is 0. The average Bonchev–Trinajstić information content (AvgIpc) is 3.44. The number of H-pyrrole nitrogens is 1. The first-order valence-electron chi connectivity index (χ1n) is 16.1. The Bertz CT molecular complexity index is 1690. The fourth-order valence-corrected chi connectivity index (χ4v) is 7.88. The summed E-state index contributed by atoms with van der Waals surface area (Å²) >= 11 is 1.44. The maximum absolute atomic E-state index is 13.8. The van der Waals surface area contributed by atoms with Crippen LogP contribution in [-0.2, 0) is 12.8 Å². The zero-order valence-corrected chi connectivity index (χ0v) is 27.2. The van der Waals surface area contributed by atoms with Crippen molar-refractivity contribution in [1.29, 1.82) is 0 Å². The van der Waals surface area contributed by atoms with E-state index in [4.69, 9.17) is 4.98 Å². The van der Waals surface area contributed by atoms with Gasteiger partial charge in [0.1, 0.15) is 4.83 Å². The summed E-state index contributed by atoms with van der Waals surface area (Å²) < 4.78 is 0. The van der Waals surface area contributed by atoms with E-state index in [0.717, 1.165) is 59.1 Å². The number of thiophene rings is 1. The quantitative estimate of drug-likeness (QED) is 0.205. The van der Waals surface area contributed by atoms with Crippen LogP contribution in [0.25, 0.3) is 21.3 Å². The monoisotopic (exact) mass is 628 g/mol. The number of hydrogen-bond acceptors (Lipinski definition) is 7. The summed E-state index contributed by atoms with van der Waals surface area (Å²) in [5.74, 6) is 0.490. The summed E-state index contributed by atoms with van der Waals surface area (Å²) in [5.41, 5.74) is 5.42. The minimum Gasteiger partial charge on any atom is -0.395 e. The van der Waals surface area contributed by atoms with Crippen molar-refractivity contribution in [1.82, 2.24) is 20.2 Å². The Morgan fingerprint density at radius 3 is 2.62 bits per heavy atom. The second kappa shape index (κ2) is 13.2. The van der Waals surface area contributed by atoms with Crippen molar-refractivity contribution in [2.45, 2.75) is 77.5 Å². The zero-order chi connectivity index (χ0) is 31.7. The highest BCUT2D eigenvalue weighted by Crippen LogP contribution is 2.38. The molecular formula is C36H44N4O4S. The number of amides is 1. The SMILES string of the molecule is CC(C)(C)[C@H]1CCc2nc3sc(C(=O)NC(CCN4CCC[C@H](O)[C@H]4CO)c4ccc(-c5ccc(=O)[nH]c5)cc4)cc3cc2C1. The number of likely N-dealkylation sites (tertiary alicyclic amines) is 1. The minimum atomic E-state index is -0.552. The Morgan fingerprint density at radius 2 is 1.91 bits per heavy atom. The van der Waals surface area contributed by atoms with Crippen molar-refractivity contribution < 1.29 is 15.0 Å². The number of nitrogens with one attached hydrogen (secondary N) is 2. The lowest BCUT2D eigenvalue weighted by atomic mass is 9.71. The highest BCUT2D eigenvalue weighted by Gasteiger charge is 2.31. The molecular weight excluding hydrogens is 584 g/mol. The Kier molecular flexibility index (Phi) is 9.24. The number of aryl methyl sites for hydroxylation is 1. The van der Waals surface area contributed by atoms with E-state index >= 15 is 0 Å². The van der Waals surface area contributed by atoms with Crippen molar-refractivity contribution in [3.8, 4) is 11.1 Å². The Labute approximate surface area is 268 Å². The molecule has 45 heavy (non-hydrogen) atoms. The predicted octanol–water partition coefficient (Wildman–Crippen LogP) is 5.48. The van der Waals surface area contributed by atoms with Gasteiger partial charge < -0.3 is 20.5 Å². The van der Waals surface area contributed by atoms with Crippen LogP contribution in [0.2, 0.25) is 0 Å². The number of aliphatic hydroxyl groups excluding tert-OH is 2. The lowest BCUT2D eigenvalue weighted by Crippen LogP contribution is -2.51. The number of carbonyl (C=O) groups is 1. The number of aliphatic hydroxyl groups is 2. The van der Waals surface area contributed by atoms with Crippen molar-refractivity contribution in [3.63, 3.8) is 0 Å². The third-order valence-corrected chi connectivity index (χ3v) is 10.9. The van der Waals surface area contributed by atoms with Gasteiger partial charge in [0.2, 0.25) is 5.56 Å². The molecule has 1 amide bonds. The molecule has 1 aromatic carbocycles. The van der Waals surface area contributed by atoms with E-state index in [-0.39, 0.29) is 35.6 Å². The largest absolute Gasteiger partial charge is 0.395 e. The molecule has 238 valence electrons. The topological polar surface area (TPSA) is 119 Å². The molecule has 6 rings (SSSR count). The van der Waals surface area contributed by atoms with Gasteiger partial charge in [-0.15, -0.1) is 11.3 Å². The van der Waals surface area contributed by atoms with Crippen LogP contribution >= 0.6 is 11.3 Å². The number of benzene rings is 1. The van der Waals surface area contributed by atoms with Crippen LogP contribution in [0.4, 0.5) is 0 Å². The van der Waals surface area contributed by atoms with Crippen LogP contribution in [0.15, 0.2) is 59.5 Å².